The van der Waals surface area contributed by atoms with Crippen LogP contribution >= 0.6 is 11.8 Å². The van der Waals surface area contributed by atoms with Gasteiger partial charge in [0, 0.05) is 11.8 Å². The molecule has 1 aromatic carbocycles. The van der Waals surface area contributed by atoms with Crippen molar-refractivity contribution in [2.45, 2.75) is 45.5 Å². The predicted molar refractivity (Wildman–Crippen MR) is 123 cm³/mol. The van der Waals surface area contributed by atoms with Crippen LogP contribution in [0, 0.1) is 6.92 Å². The molecule has 1 heterocycles. The van der Waals surface area contributed by atoms with E-state index in [0.717, 1.165) is 0 Å². The number of benzene rings is 1. The highest BCUT2D eigenvalue weighted by Gasteiger charge is 2.19. The molecule has 0 aliphatic rings. The molecule has 3 N–H and O–H groups in total. The summed E-state index contributed by atoms with van der Waals surface area (Å²) in [5.74, 6) is 0.779. The Balaban J connectivity index is 1.91. The number of methoxy groups -OCH3 is 1. The molecule has 174 valence electrons. The largest absolute Gasteiger partial charge is 0.495 e. The predicted octanol–water partition coefficient (Wildman–Crippen LogP) is 4.04. The summed E-state index contributed by atoms with van der Waals surface area (Å²) >= 11 is 1.17. The second kappa shape index (κ2) is 10.9. The lowest BCUT2D eigenvalue weighted by molar-refractivity contribution is -0.115. The SMILES string of the molecule is COc1ccc(NC(=O)CSC(C)C(=O)Nc2cc(C)on2)cc1NC(=O)OC(C)(C)C. The molecular weight excluding hydrogens is 436 g/mol. The lowest BCUT2D eigenvalue weighted by atomic mass is 10.2. The van der Waals surface area contributed by atoms with Gasteiger partial charge in [0.05, 0.1) is 23.8 Å². The molecule has 1 unspecified atom stereocenters. The fraction of sp³-hybridized carbons (Fsp3) is 0.429. The molecule has 0 aliphatic carbocycles. The molecule has 3 amide bonds. The number of rotatable bonds is 8. The van der Waals surface area contributed by atoms with Gasteiger partial charge in [-0.25, -0.2) is 4.79 Å². The number of nitrogens with zero attached hydrogens (tertiary/aromatic N) is 1. The standard InChI is InChI=1S/C21H28N4O6S/c1-12-9-17(25-31-12)24-19(27)13(2)32-11-18(26)22-14-7-8-16(29-6)15(10-14)23-20(28)30-21(3,4)5/h7-10,13H,11H2,1-6H3,(H,22,26)(H,23,28)(H,24,25,27). The number of aromatic nitrogens is 1. The van der Waals surface area contributed by atoms with E-state index in [1.807, 2.05) is 0 Å². The summed E-state index contributed by atoms with van der Waals surface area (Å²) in [6.07, 6.45) is -0.642. The molecule has 0 saturated carbocycles. The van der Waals surface area contributed by atoms with Crippen LogP contribution < -0.4 is 20.7 Å². The Labute approximate surface area is 190 Å². The second-order valence-corrected chi connectivity index (χ2v) is 9.18. The van der Waals surface area contributed by atoms with Crippen molar-refractivity contribution in [3.63, 3.8) is 0 Å². The van der Waals surface area contributed by atoms with Gasteiger partial charge in [0.15, 0.2) is 5.82 Å². The molecule has 10 nitrogen and oxygen atoms in total. The fourth-order valence-corrected chi connectivity index (χ4v) is 3.11. The van der Waals surface area contributed by atoms with E-state index in [0.29, 0.717) is 28.7 Å². The summed E-state index contributed by atoms with van der Waals surface area (Å²) in [6, 6.07) is 6.43. The molecule has 0 fully saturated rings. The zero-order chi connectivity index (χ0) is 23.9. The van der Waals surface area contributed by atoms with Gasteiger partial charge >= 0.3 is 6.09 Å². The maximum absolute atomic E-state index is 12.3. The first-order valence-electron chi connectivity index (χ1n) is 9.80. The Bertz CT molecular complexity index is 969. The van der Waals surface area contributed by atoms with Crippen LogP contribution in [0.15, 0.2) is 28.8 Å². The van der Waals surface area contributed by atoms with Crippen LogP contribution in [0.2, 0.25) is 0 Å². The van der Waals surface area contributed by atoms with Crippen LogP contribution in [-0.2, 0) is 14.3 Å². The third-order valence-electron chi connectivity index (χ3n) is 3.83. The molecule has 2 rings (SSSR count). The molecule has 11 heteroatoms. The van der Waals surface area contributed by atoms with E-state index in [2.05, 4.69) is 21.1 Å². The van der Waals surface area contributed by atoms with Gasteiger partial charge in [-0.3, -0.25) is 14.9 Å². The van der Waals surface area contributed by atoms with Gasteiger partial charge in [0.2, 0.25) is 11.8 Å². The van der Waals surface area contributed by atoms with E-state index < -0.39 is 16.9 Å². The summed E-state index contributed by atoms with van der Waals surface area (Å²) in [6.45, 7) is 8.68. The monoisotopic (exact) mass is 464 g/mol. The summed E-state index contributed by atoms with van der Waals surface area (Å²) < 4.78 is 15.4. The molecular formula is C21H28N4O6S. The summed E-state index contributed by atoms with van der Waals surface area (Å²) in [4.78, 5) is 36.6. The minimum absolute atomic E-state index is 0.0489. The van der Waals surface area contributed by atoms with Gasteiger partial charge in [-0.2, -0.15) is 0 Å². The highest BCUT2D eigenvalue weighted by atomic mass is 32.2. The van der Waals surface area contributed by atoms with E-state index >= 15 is 0 Å². The van der Waals surface area contributed by atoms with Gasteiger partial charge < -0.3 is 24.6 Å². The Morgan fingerprint density at radius 3 is 2.47 bits per heavy atom. The van der Waals surface area contributed by atoms with Crippen molar-refractivity contribution in [3.05, 3.63) is 30.0 Å². The zero-order valence-electron chi connectivity index (χ0n) is 18.9. The van der Waals surface area contributed by atoms with Crippen LogP contribution in [0.1, 0.15) is 33.5 Å². The third kappa shape index (κ3) is 8.14. The maximum Gasteiger partial charge on any atom is 0.412 e. The first kappa shape index (κ1) is 25.1. The number of ether oxygens (including phenoxy) is 2. The van der Waals surface area contributed by atoms with E-state index in [-0.39, 0.29) is 17.6 Å². The quantitative estimate of drug-likeness (QED) is 0.533. The van der Waals surface area contributed by atoms with Crippen molar-refractivity contribution >= 4 is 46.9 Å². The summed E-state index contributed by atoms with van der Waals surface area (Å²) in [5, 5.41) is 11.2. The average Bonchev–Trinajstić information content (AvgIpc) is 3.09. The van der Waals surface area contributed by atoms with E-state index in [9.17, 15) is 14.4 Å². The Kier molecular flexibility index (Phi) is 8.53. The van der Waals surface area contributed by atoms with Crippen LogP contribution in [0.4, 0.5) is 22.0 Å². The first-order valence-corrected chi connectivity index (χ1v) is 10.9. The molecule has 0 radical (unpaired) electrons. The molecule has 2 aromatic rings. The third-order valence-corrected chi connectivity index (χ3v) is 4.97. The van der Waals surface area contributed by atoms with Crippen molar-refractivity contribution in [2.24, 2.45) is 0 Å². The van der Waals surface area contributed by atoms with Crippen LogP contribution in [0.3, 0.4) is 0 Å². The zero-order valence-corrected chi connectivity index (χ0v) is 19.7. The van der Waals surface area contributed by atoms with Crippen molar-refractivity contribution < 1.29 is 28.4 Å². The Morgan fingerprint density at radius 2 is 1.88 bits per heavy atom. The van der Waals surface area contributed by atoms with Crippen molar-refractivity contribution in [3.8, 4) is 5.75 Å². The van der Waals surface area contributed by atoms with E-state index in [1.54, 1.807) is 58.9 Å². The van der Waals surface area contributed by atoms with Gasteiger partial charge in [-0.1, -0.05) is 5.16 Å². The number of nitrogens with one attached hydrogen (secondary N) is 3. The number of anilines is 3. The van der Waals surface area contributed by atoms with Crippen molar-refractivity contribution in [1.29, 1.82) is 0 Å². The van der Waals surface area contributed by atoms with E-state index in [1.165, 1.54) is 18.9 Å². The second-order valence-electron chi connectivity index (χ2n) is 7.86. The minimum Gasteiger partial charge on any atom is -0.495 e. The number of carbonyl (C=O) groups excluding carboxylic acids is 3. The number of carbonyl (C=O) groups is 3. The topological polar surface area (TPSA) is 132 Å². The molecule has 0 bridgehead atoms. The lowest BCUT2D eigenvalue weighted by Gasteiger charge is -2.20. The number of amides is 3. The molecule has 0 spiro atoms. The van der Waals surface area contributed by atoms with Crippen LogP contribution in [0.25, 0.3) is 0 Å². The van der Waals surface area contributed by atoms with Gasteiger partial charge in [-0.15, -0.1) is 11.8 Å². The first-order chi connectivity index (χ1) is 15.0. The number of aryl methyl sites for hydroxylation is 1. The van der Waals surface area contributed by atoms with Gasteiger partial charge in [0.1, 0.15) is 17.1 Å². The maximum atomic E-state index is 12.3. The Morgan fingerprint density at radius 1 is 1.16 bits per heavy atom. The normalized spacial score (nSPS) is 11.9. The highest BCUT2D eigenvalue weighted by molar-refractivity contribution is 8.01. The lowest BCUT2D eigenvalue weighted by Crippen LogP contribution is -2.27. The molecule has 1 aromatic heterocycles. The number of hydrogen-bond donors (Lipinski definition) is 3. The van der Waals surface area contributed by atoms with Gasteiger partial charge in [0.25, 0.3) is 0 Å². The van der Waals surface area contributed by atoms with Crippen LogP contribution in [-0.4, -0.2) is 46.8 Å². The molecule has 1 atom stereocenters. The van der Waals surface area contributed by atoms with Crippen molar-refractivity contribution in [2.75, 3.05) is 28.8 Å². The summed E-state index contributed by atoms with van der Waals surface area (Å²) in [5.41, 5.74) is 0.149. The van der Waals surface area contributed by atoms with E-state index in [4.69, 9.17) is 14.0 Å². The van der Waals surface area contributed by atoms with Crippen LogP contribution in [0.5, 0.6) is 5.75 Å². The number of hydrogen-bond acceptors (Lipinski definition) is 8. The smallest absolute Gasteiger partial charge is 0.412 e. The summed E-state index contributed by atoms with van der Waals surface area (Å²) in [7, 11) is 1.47. The van der Waals surface area contributed by atoms with Gasteiger partial charge in [-0.05, 0) is 52.8 Å². The Hall–Kier alpha value is -3.21. The molecule has 32 heavy (non-hydrogen) atoms. The highest BCUT2D eigenvalue weighted by Crippen LogP contribution is 2.28. The number of thioether (sulfide) groups is 1. The molecule has 0 saturated heterocycles. The fourth-order valence-electron chi connectivity index (χ4n) is 2.42. The average molecular weight is 465 g/mol. The van der Waals surface area contributed by atoms with Crippen molar-refractivity contribution in [1.82, 2.24) is 5.16 Å². The molecule has 0 aliphatic heterocycles. The minimum atomic E-state index is -0.657.